The Labute approximate surface area is 104 Å². The summed E-state index contributed by atoms with van der Waals surface area (Å²) in [4.78, 5) is 10.6. The number of rotatable bonds is 7. The van der Waals surface area contributed by atoms with Crippen LogP contribution in [0, 0.1) is 5.82 Å². The van der Waals surface area contributed by atoms with Gasteiger partial charge in [0.15, 0.2) is 0 Å². The molecule has 1 aromatic carbocycles. The maximum Gasteiger partial charge on any atom is 0.338 e. The first-order chi connectivity index (χ1) is 8.15. The van der Waals surface area contributed by atoms with Gasteiger partial charge in [0.05, 0.1) is 5.56 Å². The lowest BCUT2D eigenvalue weighted by molar-refractivity contribution is 0.0692. The maximum atomic E-state index is 13.3. The van der Waals surface area contributed by atoms with Crippen LogP contribution in [-0.4, -0.2) is 29.6 Å². The number of hydrogen-bond acceptors (Lipinski definition) is 3. The van der Waals surface area contributed by atoms with Crippen LogP contribution in [0.25, 0.3) is 0 Å². The average Bonchev–Trinajstić information content (AvgIpc) is 2.28. The zero-order chi connectivity index (χ0) is 12.7. The van der Waals surface area contributed by atoms with E-state index in [2.05, 4.69) is 11.6 Å². The molecular formula is C12H16FNO2S. The molecule has 94 valence electrons. The second-order valence-corrected chi connectivity index (χ2v) is 4.61. The highest BCUT2D eigenvalue weighted by Gasteiger charge is 2.09. The van der Waals surface area contributed by atoms with Gasteiger partial charge in [0, 0.05) is 12.2 Å². The van der Waals surface area contributed by atoms with Crippen molar-refractivity contribution in [2.24, 2.45) is 0 Å². The maximum absolute atomic E-state index is 13.3. The number of carboxylic acid groups (broad SMARTS) is 1. The molecule has 0 bridgehead atoms. The molecule has 0 aliphatic heterocycles. The van der Waals surface area contributed by atoms with Crippen molar-refractivity contribution in [3.63, 3.8) is 0 Å². The minimum atomic E-state index is -1.24. The number of benzene rings is 1. The van der Waals surface area contributed by atoms with E-state index in [1.807, 2.05) is 0 Å². The van der Waals surface area contributed by atoms with Crippen LogP contribution in [0.3, 0.4) is 0 Å². The Balaban J connectivity index is 2.45. The van der Waals surface area contributed by atoms with Crippen molar-refractivity contribution < 1.29 is 14.3 Å². The molecule has 3 nitrogen and oxygen atoms in total. The van der Waals surface area contributed by atoms with Crippen molar-refractivity contribution in [1.29, 1.82) is 0 Å². The lowest BCUT2D eigenvalue weighted by Gasteiger charge is -2.07. The minimum absolute atomic E-state index is 0.294. The first-order valence-corrected chi connectivity index (χ1v) is 6.80. The standard InChI is InChI=1S/C12H16FNO2S/c1-17-7-3-2-6-14-9-4-5-10(12(15)16)11(13)8-9/h4-5,8,14H,2-3,6-7H2,1H3,(H,15,16). The normalized spacial score (nSPS) is 10.2. The highest BCUT2D eigenvalue weighted by molar-refractivity contribution is 7.98. The van der Waals surface area contributed by atoms with Gasteiger partial charge in [-0.15, -0.1) is 0 Å². The number of aromatic carboxylic acids is 1. The highest BCUT2D eigenvalue weighted by atomic mass is 32.2. The van der Waals surface area contributed by atoms with Crippen LogP contribution in [0.1, 0.15) is 23.2 Å². The van der Waals surface area contributed by atoms with Crippen molar-refractivity contribution in [2.45, 2.75) is 12.8 Å². The highest BCUT2D eigenvalue weighted by Crippen LogP contribution is 2.14. The number of hydrogen-bond donors (Lipinski definition) is 2. The third kappa shape index (κ3) is 4.65. The number of halogens is 1. The zero-order valence-corrected chi connectivity index (χ0v) is 10.5. The summed E-state index contributed by atoms with van der Waals surface area (Å²) in [7, 11) is 0. The topological polar surface area (TPSA) is 49.3 Å². The zero-order valence-electron chi connectivity index (χ0n) is 9.70. The fraction of sp³-hybridized carbons (Fsp3) is 0.417. The molecule has 0 atom stereocenters. The molecule has 2 N–H and O–H groups in total. The first-order valence-electron chi connectivity index (χ1n) is 5.41. The van der Waals surface area contributed by atoms with Crippen LogP contribution in [0.4, 0.5) is 10.1 Å². The third-order valence-corrected chi connectivity index (χ3v) is 3.00. The average molecular weight is 257 g/mol. The lowest BCUT2D eigenvalue weighted by atomic mass is 10.2. The number of carbonyl (C=O) groups is 1. The van der Waals surface area contributed by atoms with Crippen LogP contribution in [0.2, 0.25) is 0 Å². The predicted molar refractivity (Wildman–Crippen MR) is 69.5 cm³/mol. The van der Waals surface area contributed by atoms with E-state index in [9.17, 15) is 9.18 Å². The molecule has 0 saturated carbocycles. The summed E-state index contributed by atoms with van der Waals surface area (Å²) in [6.07, 6.45) is 4.19. The minimum Gasteiger partial charge on any atom is -0.478 e. The van der Waals surface area contributed by atoms with E-state index < -0.39 is 11.8 Å². The van der Waals surface area contributed by atoms with Crippen molar-refractivity contribution in [1.82, 2.24) is 0 Å². The van der Waals surface area contributed by atoms with Crippen LogP contribution >= 0.6 is 11.8 Å². The molecule has 0 heterocycles. The van der Waals surface area contributed by atoms with Gasteiger partial charge < -0.3 is 10.4 Å². The Bertz CT molecular complexity index is 385. The van der Waals surface area contributed by atoms with E-state index in [1.165, 1.54) is 12.1 Å². The van der Waals surface area contributed by atoms with Gasteiger partial charge >= 0.3 is 5.97 Å². The van der Waals surface area contributed by atoms with Crippen molar-refractivity contribution in [3.8, 4) is 0 Å². The Hall–Kier alpha value is -1.23. The summed E-state index contributed by atoms with van der Waals surface area (Å²) >= 11 is 1.80. The largest absolute Gasteiger partial charge is 0.478 e. The lowest BCUT2D eigenvalue weighted by Crippen LogP contribution is -2.05. The van der Waals surface area contributed by atoms with Gasteiger partial charge in [-0.3, -0.25) is 0 Å². The van der Waals surface area contributed by atoms with Crippen molar-refractivity contribution in [3.05, 3.63) is 29.6 Å². The SMILES string of the molecule is CSCCCCNc1ccc(C(=O)O)c(F)c1. The molecular weight excluding hydrogens is 241 g/mol. The molecule has 0 saturated heterocycles. The van der Waals surface area contributed by atoms with Crippen LogP contribution in [0.5, 0.6) is 0 Å². The summed E-state index contributed by atoms with van der Waals surface area (Å²) in [5, 5.41) is 11.7. The number of nitrogens with one attached hydrogen (secondary N) is 1. The van der Waals surface area contributed by atoms with Gasteiger partial charge in [0.2, 0.25) is 0 Å². The van der Waals surface area contributed by atoms with Crippen molar-refractivity contribution >= 4 is 23.4 Å². The van der Waals surface area contributed by atoms with Gasteiger partial charge in [-0.1, -0.05) is 0 Å². The summed E-state index contributed by atoms with van der Waals surface area (Å²) in [5.74, 6) is -0.825. The second-order valence-electron chi connectivity index (χ2n) is 3.63. The smallest absolute Gasteiger partial charge is 0.338 e. The van der Waals surface area contributed by atoms with E-state index in [0.29, 0.717) is 5.69 Å². The Kier molecular flexibility index (Phi) is 5.83. The van der Waals surface area contributed by atoms with Crippen LogP contribution in [0.15, 0.2) is 18.2 Å². The van der Waals surface area contributed by atoms with E-state index in [-0.39, 0.29) is 5.56 Å². The van der Waals surface area contributed by atoms with E-state index >= 15 is 0 Å². The van der Waals surface area contributed by atoms with Gasteiger partial charge in [-0.05, 0) is 43.0 Å². The third-order valence-electron chi connectivity index (χ3n) is 2.30. The molecule has 0 aliphatic carbocycles. The fourth-order valence-electron chi connectivity index (χ4n) is 1.40. The fourth-order valence-corrected chi connectivity index (χ4v) is 1.90. The number of carboxylic acids is 1. The van der Waals surface area contributed by atoms with E-state index in [0.717, 1.165) is 25.1 Å². The Morgan fingerprint density at radius 3 is 2.82 bits per heavy atom. The molecule has 0 spiro atoms. The molecule has 0 unspecified atom stereocenters. The molecule has 1 aromatic rings. The molecule has 0 fully saturated rings. The molecule has 1 rings (SSSR count). The number of unbranched alkanes of at least 4 members (excludes halogenated alkanes) is 1. The Morgan fingerprint density at radius 2 is 2.24 bits per heavy atom. The summed E-state index contributed by atoms with van der Waals surface area (Å²) in [6, 6.07) is 4.08. The number of anilines is 1. The second kappa shape index (κ2) is 7.17. The summed E-state index contributed by atoms with van der Waals surface area (Å²) in [6.45, 7) is 0.770. The van der Waals surface area contributed by atoms with Gasteiger partial charge in [0.25, 0.3) is 0 Å². The molecule has 17 heavy (non-hydrogen) atoms. The van der Waals surface area contributed by atoms with Gasteiger partial charge in [0.1, 0.15) is 5.82 Å². The first kappa shape index (κ1) is 13.8. The molecule has 0 aromatic heterocycles. The van der Waals surface area contributed by atoms with E-state index in [1.54, 1.807) is 17.8 Å². The molecule has 0 amide bonds. The van der Waals surface area contributed by atoms with E-state index in [4.69, 9.17) is 5.11 Å². The summed E-state index contributed by atoms with van der Waals surface area (Å²) in [5.41, 5.74) is 0.328. The van der Waals surface area contributed by atoms with Crippen LogP contribution < -0.4 is 5.32 Å². The molecule has 5 heteroatoms. The molecule has 0 radical (unpaired) electrons. The van der Waals surface area contributed by atoms with Gasteiger partial charge in [-0.2, -0.15) is 11.8 Å². The number of thioether (sulfide) groups is 1. The predicted octanol–water partition coefficient (Wildman–Crippen LogP) is 3.08. The monoisotopic (exact) mass is 257 g/mol. The summed E-state index contributed by atoms with van der Waals surface area (Å²) < 4.78 is 13.3. The van der Waals surface area contributed by atoms with Crippen LogP contribution in [-0.2, 0) is 0 Å². The molecule has 0 aliphatic rings. The Morgan fingerprint density at radius 1 is 1.47 bits per heavy atom. The van der Waals surface area contributed by atoms with Gasteiger partial charge in [-0.25, -0.2) is 9.18 Å². The van der Waals surface area contributed by atoms with Crippen molar-refractivity contribution in [2.75, 3.05) is 23.9 Å². The quantitative estimate of drug-likeness (QED) is 0.737.